The van der Waals surface area contributed by atoms with E-state index in [2.05, 4.69) is 22.6 Å². The second-order valence-electron chi connectivity index (χ2n) is 2.23. The molecule has 1 aromatic rings. The van der Waals surface area contributed by atoms with Crippen LogP contribution in [0, 0.1) is 21.8 Å². The van der Waals surface area contributed by atoms with Gasteiger partial charge in [-0.05, 0) is 47.2 Å². The largest absolute Gasteiger partial charge is 0.507 e. The van der Waals surface area contributed by atoms with Crippen LogP contribution < -0.4 is 0 Å². The molecule has 0 spiro atoms. The Labute approximate surface area is 78.6 Å². The highest BCUT2D eigenvalue weighted by Crippen LogP contribution is 2.22. The molecule has 0 aromatic heterocycles. The van der Waals surface area contributed by atoms with E-state index in [1.807, 2.05) is 13.0 Å². The highest BCUT2D eigenvalue weighted by molar-refractivity contribution is 14.1. The summed E-state index contributed by atoms with van der Waals surface area (Å²) in [6.07, 6.45) is 0. The number of phenols is 1. The quantitative estimate of drug-likeness (QED) is 0.725. The number of aromatic hydroxyl groups is 1. The van der Waals surface area contributed by atoms with Gasteiger partial charge in [0.15, 0.2) is 0 Å². The number of benzene rings is 1. The van der Waals surface area contributed by atoms with Crippen molar-refractivity contribution in [2.75, 3.05) is 0 Å². The Balaban J connectivity index is 3.35. The minimum atomic E-state index is 0.0579. The van der Waals surface area contributed by atoms with Gasteiger partial charge in [-0.15, -0.1) is 0 Å². The lowest BCUT2D eigenvalue weighted by atomic mass is 10.1. The summed E-state index contributed by atoms with van der Waals surface area (Å²) < 4.78 is 0.971. The average molecular weight is 259 g/mol. The van der Waals surface area contributed by atoms with Gasteiger partial charge in [-0.2, -0.15) is 5.26 Å². The Morgan fingerprint density at radius 2 is 2.18 bits per heavy atom. The molecule has 0 bridgehead atoms. The Morgan fingerprint density at radius 3 is 2.73 bits per heavy atom. The van der Waals surface area contributed by atoms with E-state index in [0.29, 0.717) is 5.56 Å². The third-order valence-corrected chi connectivity index (χ3v) is 2.56. The van der Waals surface area contributed by atoms with Crippen molar-refractivity contribution in [1.29, 1.82) is 5.26 Å². The van der Waals surface area contributed by atoms with E-state index >= 15 is 0 Å². The molecule has 0 fully saturated rings. The first-order valence-electron chi connectivity index (χ1n) is 3.04. The van der Waals surface area contributed by atoms with Gasteiger partial charge in [0.2, 0.25) is 0 Å². The molecule has 0 aliphatic rings. The second kappa shape index (κ2) is 3.09. The van der Waals surface area contributed by atoms with E-state index in [9.17, 15) is 5.11 Å². The molecule has 0 radical (unpaired) electrons. The summed E-state index contributed by atoms with van der Waals surface area (Å²) in [5.74, 6) is 0.0579. The summed E-state index contributed by atoms with van der Waals surface area (Å²) in [4.78, 5) is 0. The van der Waals surface area contributed by atoms with Gasteiger partial charge >= 0.3 is 0 Å². The van der Waals surface area contributed by atoms with E-state index < -0.39 is 0 Å². The lowest BCUT2D eigenvalue weighted by Gasteiger charge is -1.99. The number of rotatable bonds is 0. The summed E-state index contributed by atoms with van der Waals surface area (Å²) in [5, 5.41) is 17.7. The van der Waals surface area contributed by atoms with Crippen LogP contribution in [0.1, 0.15) is 11.1 Å². The third-order valence-electron chi connectivity index (χ3n) is 1.40. The van der Waals surface area contributed by atoms with Crippen LogP contribution in [0.4, 0.5) is 0 Å². The molecule has 1 N–H and O–H groups in total. The lowest BCUT2D eigenvalue weighted by Crippen LogP contribution is -1.83. The molecule has 11 heavy (non-hydrogen) atoms. The summed E-state index contributed by atoms with van der Waals surface area (Å²) in [5.41, 5.74) is 1.35. The van der Waals surface area contributed by atoms with Crippen molar-refractivity contribution >= 4 is 22.6 Å². The zero-order valence-electron chi connectivity index (χ0n) is 5.93. The highest BCUT2D eigenvalue weighted by atomic mass is 127. The second-order valence-corrected chi connectivity index (χ2v) is 3.39. The van der Waals surface area contributed by atoms with Gasteiger partial charge in [0.05, 0.1) is 5.56 Å². The lowest BCUT2D eigenvalue weighted by molar-refractivity contribution is 0.473. The first-order chi connectivity index (χ1) is 5.15. The Bertz CT molecular complexity index is 328. The maximum Gasteiger partial charge on any atom is 0.134 e. The fraction of sp³-hybridized carbons (Fsp3) is 0.125. The van der Waals surface area contributed by atoms with Crippen molar-refractivity contribution in [3.05, 3.63) is 26.8 Å². The molecular formula is C8H6INO. The molecule has 1 rings (SSSR count). The maximum atomic E-state index is 9.19. The van der Waals surface area contributed by atoms with Crippen LogP contribution >= 0.6 is 22.6 Å². The van der Waals surface area contributed by atoms with E-state index in [1.54, 1.807) is 12.1 Å². The van der Waals surface area contributed by atoms with Crippen molar-refractivity contribution in [2.45, 2.75) is 6.92 Å². The zero-order chi connectivity index (χ0) is 8.43. The van der Waals surface area contributed by atoms with Gasteiger partial charge in [-0.1, -0.05) is 0 Å². The zero-order valence-corrected chi connectivity index (χ0v) is 8.08. The van der Waals surface area contributed by atoms with Crippen molar-refractivity contribution < 1.29 is 5.11 Å². The van der Waals surface area contributed by atoms with E-state index in [4.69, 9.17) is 5.26 Å². The standard InChI is InChI=1S/C8H6INO/c1-5-2-6(4-10)8(11)3-7(5)9/h2-3,11H,1H3. The number of nitriles is 1. The molecule has 0 amide bonds. The monoisotopic (exact) mass is 259 g/mol. The topological polar surface area (TPSA) is 44.0 Å². The van der Waals surface area contributed by atoms with Crippen LogP contribution in [-0.4, -0.2) is 5.11 Å². The molecule has 0 heterocycles. The molecule has 0 atom stereocenters. The van der Waals surface area contributed by atoms with Gasteiger partial charge in [0, 0.05) is 3.57 Å². The van der Waals surface area contributed by atoms with E-state index in [0.717, 1.165) is 9.13 Å². The SMILES string of the molecule is Cc1cc(C#N)c(O)cc1I. The van der Waals surface area contributed by atoms with E-state index in [1.165, 1.54) is 0 Å². The van der Waals surface area contributed by atoms with Crippen molar-refractivity contribution in [3.63, 3.8) is 0 Å². The van der Waals surface area contributed by atoms with Crippen LogP contribution in [-0.2, 0) is 0 Å². The summed E-state index contributed by atoms with van der Waals surface area (Å²) in [7, 11) is 0. The number of phenolic OH excluding ortho intramolecular Hbond substituents is 1. The van der Waals surface area contributed by atoms with Crippen LogP contribution in [0.3, 0.4) is 0 Å². The molecular weight excluding hydrogens is 253 g/mol. The van der Waals surface area contributed by atoms with Crippen LogP contribution in [0.5, 0.6) is 5.75 Å². The fourth-order valence-electron chi connectivity index (χ4n) is 0.761. The number of halogens is 1. The number of nitrogens with zero attached hydrogens (tertiary/aromatic N) is 1. The predicted octanol–water partition coefficient (Wildman–Crippen LogP) is 2.18. The minimum Gasteiger partial charge on any atom is -0.507 e. The summed E-state index contributed by atoms with van der Waals surface area (Å²) >= 11 is 2.11. The Hall–Kier alpha value is -0.760. The minimum absolute atomic E-state index is 0.0579. The maximum absolute atomic E-state index is 9.19. The van der Waals surface area contributed by atoms with Gasteiger partial charge in [-0.3, -0.25) is 0 Å². The first kappa shape index (κ1) is 8.34. The molecule has 56 valence electrons. The van der Waals surface area contributed by atoms with E-state index in [-0.39, 0.29) is 5.75 Å². The van der Waals surface area contributed by atoms with Gasteiger partial charge in [0.1, 0.15) is 11.8 Å². The smallest absolute Gasteiger partial charge is 0.134 e. The van der Waals surface area contributed by atoms with Crippen molar-refractivity contribution in [1.82, 2.24) is 0 Å². The average Bonchev–Trinajstić information content (AvgIpc) is 1.97. The van der Waals surface area contributed by atoms with Crippen LogP contribution in [0.15, 0.2) is 12.1 Å². The predicted molar refractivity (Wildman–Crippen MR) is 50.3 cm³/mol. The summed E-state index contributed by atoms with van der Waals surface area (Å²) in [6.45, 7) is 1.90. The first-order valence-corrected chi connectivity index (χ1v) is 4.12. The summed E-state index contributed by atoms with van der Waals surface area (Å²) in [6, 6.07) is 5.18. The third kappa shape index (κ3) is 1.63. The Kier molecular flexibility index (Phi) is 2.35. The van der Waals surface area contributed by atoms with Crippen LogP contribution in [0.25, 0.3) is 0 Å². The number of aryl methyl sites for hydroxylation is 1. The fourth-order valence-corrected chi connectivity index (χ4v) is 1.21. The molecule has 2 nitrogen and oxygen atoms in total. The molecule has 0 aliphatic carbocycles. The Morgan fingerprint density at radius 1 is 1.55 bits per heavy atom. The molecule has 0 unspecified atom stereocenters. The van der Waals surface area contributed by atoms with Crippen LogP contribution in [0.2, 0.25) is 0 Å². The van der Waals surface area contributed by atoms with Gasteiger partial charge in [-0.25, -0.2) is 0 Å². The van der Waals surface area contributed by atoms with Crippen molar-refractivity contribution in [2.24, 2.45) is 0 Å². The highest BCUT2D eigenvalue weighted by Gasteiger charge is 2.02. The molecule has 3 heteroatoms. The molecule has 0 aliphatic heterocycles. The molecule has 0 saturated heterocycles. The number of hydrogen-bond acceptors (Lipinski definition) is 2. The molecule has 0 saturated carbocycles. The van der Waals surface area contributed by atoms with Gasteiger partial charge < -0.3 is 5.11 Å². The molecule has 1 aromatic carbocycles. The normalized spacial score (nSPS) is 9.18. The van der Waals surface area contributed by atoms with Crippen molar-refractivity contribution in [3.8, 4) is 11.8 Å². The van der Waals surface area contributed by atoms with Gasteiger partial charge in [0.25, 0.3) is 0 Å². The number of hydrogen-bond donors (Lipinski definition) is 1.